The fourth-order valence-corrected chi connectivity index (χ4v) is 6.66. The van der Waals surface area contributed by atoms with Gasteiger partial charge in [-0.2, -0.15) is 0 Å². The first-order valence-corrected chi connectivity index (χ1v) is 16.8. The second-order valence-electron chi connectivity index (χ2n) is 12.3. The Morgan fingerprint density at radius 3 is 1.68 bits per heavy atom. The van der Waals surface area contributed by atoms with Gasteiger partial charge in [-0.3, -0.25) is 0 Å². The third-order valence-corrected chi connectivity index (χ3v) is 9.09. The van der Waals surface area contributed by atoms with Crippen molar-refractivity contribution in [3.8, 4) is 0 Å². The first-order chi connectivity index (χ1) is 19.7. The predicted octanol–water partition coefficient (Wildman–Crippen LogP) is 11.4. The number of aryl methyl sites for hydroxylation is 1. The van der Waals surface area contributed by atoms with E-state index in [1.54, 1.807) is 0 Å². The summed E-state index contributed by atoms with van der Waals surface area (Å²) < 4.78 is 2.46. The standard InChI is InChI=1S/C38H58N2/c1-4-6-7-8-9-10-11-12-13-14-15-16-17-18-25-31-40-32-30-39-37(40)36(5-2)38(3,35-28-23-20-24-29-35)33-34-26-21-19-22-27-34/h19-24,26-30,32,36H,4-18,25,31,33H2,1-3H3. The summed E-state index contributed by atoms with van der Waals surface area (Å²) in [5.41, 5.74) is 2.79. The van der Waals surface area contributed by atoms with Crippen LogP contribution in [-0.4, -0.2) is 9.55 Å². The number of benzene rings is 2. The first-order valence-electron chi connectivity index (χ1n) is 16.8. The number of aromatic nitrogens is 2. The quantitative estimate of drug-likeness (QED) is 0.115. The molecule has 1 heterocycles. The van der Waals surface area contributed by atoms with Gasteiger partial charge in [-0.1, -0.05) is 171 Å². The molecule has 0 saturated heterocycles. The van der Waals surface area contributed by atoms with E-state index >= 15 is 0 Å². The molecule has 3 rings (SSSR count). The van der Waals surface area contributed by atoms with Crippen LogP contribution in [0, 0.1) is 0 Å². The van der Waals surface area contributed by atoms with E-state index in [9.17, 15) is 0 Å². The molecule has 0 spiro atoms. The van der Waals surface area contributed by atoms with Gasteiger partial charge in [0.15, 0.2) is 0 Å². The third-order valence-electron chi connectivity index (χ3n) is 9.09. The zero-order valence-corrected chi connectivity index (χ0v) is 26.1. The normalized spacial score (nSPS) is 13.8. The number of rotatable bonds is 22. The first kappa shape index (κ1) is 32.2. The fourth-order valence-electron chi connectivity index (χ4n) is 6.66. The van der Waals surface area contributed by atoms with Crippen molar-refractivity contribution in [1.82, 2.24) is 9.55 Å². The van der Waals surface area contributed by atoms with Gasteiger partial charge in [-0.15, -0.1) is 0 Å². The highest BCUT2D eigenvalue weighted by Gasteiger charge is 2.38. The zero-order chi connectivity index (χ0) is 28.3. The van der Waals surface area contributed by atoms with Crippen LogP contribution in [0.5, 0.6) is 0 Å². The van der Waals surface area contributed by atoms with Crippen LogP contribution in [0.15, 0.2) is 73.1 Å². The Bertz CT molecular complexity index is 1010. The molecule has 220 valence electrons. The second-order valence-corrected chi connectivity index (χ2v) is 12.3. The predicted molar refractivity (Wildman–Crippen MR) is 174 cm³/mol. The highest BCUT2D eigenvalue weighted by molar-refractivity contribution is 5.33. The average molecular weight is 543 g/mol. The summed E-state index contributed by atoms with van der Waals surface area (Å²) in [6.45, 7) is 8.17. The summed E-state index contributed by atoms with van der Waals surface area (Å²) in [6.07, 6.45) is 27.4. The maximum Gasteiger partial charge on any atom is 0.112 e. The SMILES string of the molecule is CCCCCCCCCCCCCCCCCn1ccnc1C(CC)C(C)(Cc1ccccc1)c1ccccc1. The molecule has 0 aliphatic carbocycles. The van der Waals surface area contributed by atoms with Gasteiger partial charge in [0.1, 0.15) is 5.82 Å². The summed E-state index contributed by atoms with van der Waals surface area (Å²) >= 11 is 0. The lowest BCUT2D eigenvalue weighted by Crippen LogP contribution is -2.34. The molecule has 2 atom stereocenters. The van der Waals surface area contributed by atoms with Crippen molar-refractivity contribution >= 4 is 0 Å². The Labute approximate surface area is 247 Å². The monoisotopic (exact) mass is 542 g/mol. The lowest BCUT2D eigenvalue weighted by atomic mass is 9.66. The second kappa shape index (κ2) is 18.9. The summed E-state index contributed by atoms with van der Waals surface area (Å²) in [6, 6.07) is 22.1. The molecule has 0 bridgehead atoms. The minimum absolute atomic E-state index is 0.0183. The summed E-state index contributed by atoms with van der Waals surface area (Å²) in [4.78, 5) is 4.97. The molecule has 2 aromatic carbocycles. The maximum atomic E-state index is 4.97. The number of unbranched alkanes of at least 4 members (excludes halogenated alkanes) is 14. The van der Waals surface area contributed by atoms with E-state index in [4.69, 9.17) is 4.98 Å². The topological polar surface area (TPSA) is 17.8 Å². The van der Waals surface area contributed by atoms with E-state index in [1.807, 2.05) is 6.20 Å². The van der Waals surface area contributed by atoms with Crippen molar-refractivity contribution in [2.24, 2.45) is 0 Å². The van der Waals surface area contributed by atoms with Crippen molar-refractivity contribution < 1.29 is 0 Å². The minimum Gasteiger partial charge on any atom is -0.335 e. The molecule has 0 N–H and O–H groups in total. The molecule has 0 saturated carbocycles. The Hall–Kier alpha value is -2.35. The van der Waals surface area contributed by atoms with Crippen molar-refractivity contribution in [3.05, 3.63) is 90.0 Å². The van der Waals surface area contributed by atoms with Crippen LogP contribution < -0.4 is 0 Å². The van der Waals surface area contributed by atoms with Gasteiger partial charge in [0, 0.05) is 30.3 Å². The summed E-state index contributed by atoms with van der Waals surface area (Å²) in [7, 11) is 0. The van der Waals surface area contributed by atoms with Gasteiger partial charge in [0.2, 0.25) is 0 Å². The molecule has 3 aromatic rings. The molecule has 0 aliphatic rings. The molecule has 2 unspecified atom stereocenters. The van der Waals surface area contributed by atoms with Crippen LogP contribution in [0.3, 0.4) is 0 Å². The molecule has 2 heteroatoms. The molecular formula is C38H58N2. The molecule has 0 fully saturated rings. The Balaban J connectivity index is 1.43. The van der Waals surface area contributed by atoms with Crippen molar-refractivity contribution in [1.29, 1.82) is 0 Å². The number of hydrogen-bond acceptors (Lipinski definition) is 1. The van der Waals surface area contributed by atoms with Crippen LogP contribution in [0.25, 0.3) is 0 Å². The van der Waals surface area contributed by atoms with Gasteiger partial charge in [0.05, 0.1) is 0 Å². The highest BCUT2D eigenvalue weighted by Crippen LogP contribution is 2.43. The maximum absolute atomic E-state index is 4.97. The molecular weight excluding hydrogens is 484 g/mol. The Morgan fingerprint density at radius 1 is 0.650 bits per heavy atom. The minimum atomic E-state index is -0.0183. The molecule has 40 heavy (non-hydrogen) atoms. The van der Waals surface area contributed by atoms with Crippen LogP contribution in [0.2, 0.25) is 0 Å². The Kier molecular flexibility index (Phi) is 15.2. The van der Waals surface area contributed by atoms with E-state index in [0.717, 1.165) is 19.4 Å². The molecule has 0 radical (unpaired) electrons. The van der Waals surface area contributed by atoms with Crippen molar-refractivity contribution in [3.63, 3.8) is 0 Å². The van der Waals surface area contributed by atoms with Gasteiger partial charge in [-0.25, -0.2) is 4.98 Å². The summed E-state index contributed by atoms with van der Waals surface area (Å²) in [5.74, 6) is 1.62. The van der Waals surface area contributed by atoms with Gasteiger partial charge < -0.3 is 4.57 Å². The largest absolute Gasteiger partial charge is 0.335 e. The van der Waals surface area contributed by atoms with Crippen LogP contribution in [0.4, 0.5) is 0 Å². The molecule has 0 amide bonds. The fraction of sp³-hybridized carbons (Fsp3) is 0.605. The average Bonchev–Trinajstić information content (AvgIpc) is 3.44. The number of imidazole rings is 1. The van der Waals surface area contributed by atoms with Crippen LogP contribution in [0.1, 0.15) is 146 Å². The van der Waals surface area contributed by atoms with Crippen molar-refractivity contribution in [2.75, 3.05) is 0 Å². The van der Waals surface area contributed by atoms with E-state index in [2.05, 4.69) is 92.2 Å². The van der Waals surface area contributed by atoms with Gasteiger partial charge in [-0.05, 0) is 30.4 Å². The highest BCUT2D eigenvalue weighted by atomic mass is 15.1. The molecule has 2 nitrogen and oxygen atoms in total. The molecule has 0 aliphatic heterocycles. The van der Waals surface area contributed by atoms with Crippen LogP contribution in [-0.2, 0) is 18.4 Å². The number of nitrogens with zero attached hydrogens (tertiary/aromatic N) is 2. The lowest BCUT2D eigenvalue weighted by Gasteiger charge is -2.38. The smallest absolute Gasteiger partial charge is 0.112 e. The Morgan fingerprint density at radius 2 is 1.15 bits per heavy atom. The van der Waals surface area contributed by atoms with Crippen molar-refractivity contribution in [2.45, 2.75) is 148 Å². The zero-order valence-electron chi connectivity index (χ0n) is 26.1. The van der Waals surface area contributed by atoms with E-state index in [-0.39, 0.29) is 5.41 Å². The number of hydrogen-bond donors (Lipinski definition) is 0. The van der Waals surface area contributed by atoms with Crippen LogP contribution >= 0.6 is 0 Å². The lowest BCUT2D eigenvalue weighted by molar-refractivity contribution is 0.338. The van der Waals surface area contributed by atoms with Gasteiger partial charge >= 0.3 is 0 Å². The third kappa shape index (κ3) is 10.6. The van der Waals surface area contributed by atoms with Gasteiger partial charge in [0.25, 0.3) is 0 Å². The molecule has 1 aromatic heterocycles. The van der Waals surface area contributed by atoms with E-state index in [1.165, 1.54) is 113 Å². The van der Waals surface area contributed by atoms with E-state index in [0.29, 0.717) is 5.92 Å². The summed E-state index contributed by atoms with van der Waals surface area (Å²) in [5, 5.41) is 0. The van der Waals surface area contributed by atoms with E-state index < -0.39 is 0 Å².